The minimum absolute atomic E-state index is 0.0848. The van der Waals surface area contributed by atoms with Gasteiger partial charge in [-0.3, -0.25) is 0 Å². The quantitative estimate of drug-likeness (QED) is 0.185. The second kappa shape index (κ2) is 9.44. The van der Waals surface area contributed by atoms with Crippen molar-refractivity contribution in [2.24, 2.45) is 0 Å². The molecule has 7 aromatic rings. The number of fused-ring (bicyclic) bond motifs is 9. The van der Waals surface area contributed by atoms with Crippen LogP contribution in [-0.4, -0.2) is 0 Å². The number of anilines is 3. The van der Waals surface area contributed by atoms with Gasteiger partial charge in [0, 0.05) is 27.6 Å². The van der Waals surface area contributed by atoms with Gasteiger partial charge in [-0.1, -0.05) is 136 Å². The highest BCUT2D eigenvalue weighted by Gasteiger charge is 2.38. The van der Waals surface area contributed by atoms with Crippen molar-refractivity contribution in [3.05, 3.63) is 161 Å². The van der Waals surface area contributed by atoms with Crippen LogP contribution in [0.4, 0.5) is 17.1 Å². The van der Waals surface area contributed by atoms with Crippen LogP contribution in [0.25, 0.3) is 43.8 Å². The number of nitrogens with zero attached hydrogens (tertiary/aromatic N) is 1. The second-order valence-electron chi connectivity index (χ2n) is 14.3. The summed E-state index contributed by atoms with van der Waals surface area (Å²) in [6.45, 7) is 11.7. The van der Waals surface area contributed by atoms with E-state index in [4.69, 9.17) is 0 Å². The van der Waals surface area contributed by atoms with Crippen molar-refractivity contribution >= 4 is 38.6 Å². The van der Waals surface area contributed by atoms with Crippen LogP contribution in [0.15, 0.2) is 133 Å². The molecular formula is C45H37N. The van der Waals surface area contributed by atoms with E-state index in [1.165, 1.54) is 88.7 Å². The molecule has 0 N–H and O–H groups in total. The molecular weight excluding hydrogens is 555 g/mol. The molecule has 0 fully saturated rings. The Labute approximate surface area is 271 Å². The lowest BCUT2D eigenvalue weighted by Crippen LogP contribution is -2.18. The average Bonchev–Trinajstić information content (AvgIpc) is 3.44. The molecule has 0 aliphatic heterocycles. The Morgan fingerprint density at radius 3 is 1.61 bits per heavy atom. The normalized spacial score (nSPS) is 15.0. The molecule has 46 heavy (non-hydrogen) atoms. The fourth-order valence-electron chi connectivity index (χ4n) is 8.46. The van der Waals surface area contributed by atoms with E-state index in [9.17, 15) is 0 Å². The molecule has 0 saturated carbocycles. The Bertz CT molecular complexity index is 2390. The van der Waals surface area contributed by atoms with Gasteiger partial charge >= 0.3 is 0 Å². The Balaban J connectivity index is 1.32. The first-order valence-electron chi connectivity index (χ1n) is 16.4. The predicted molar refractivity (Wildman–Crippen MR) is 196 cm³/mol. The molecule has 222 valence electrons. The van der Waals surface area contributed by atoms with E-state index in [1.54, 1.807) is 0 Å². The van der Waals surface area contributed by atoms with Gasteiger partial charge in [0.05, 0.1) is 5.69 Å². The standard InChI is InChI=1S/C45H37N/c1-28-18-21-35-37-23-20-31(27-42(37)45(4,5)40(35)24-28)46(43-25-29-12-6-7-13-32(29)33-14-8-9-16-38(33)43)30-19-22-36-34-15-10-11-17-39(34)44(2,3)41(36)26-30/h6-27H,1-5H3. The van der Waals surface area contributed by atoms with E-state index in [-0.39, 0.29) is 10.8 Å². The highest BCUT2D eigenvalue weighted by molar-refractivity contribution is 6.14. The smallest absolute Gasteiger partial charge is 0.0546 e. The zero-order chi connectivity index (χ0) is 31.4. The SMILES string of the molecule is Cc1ccc2c(c1)C(C)(C)c1cc(N(c3ccc4c(c3)C(C)(C)c3ccccc3-4)c3cc4ccccc4c4ccccc34)ccc1-2. The third-order valence-electron chi connectivity index (χ3n) is 10.9. The first kappa shape index (κ1) is 27.2. The Morgan fingerprint density at radius 1 is 0.413 bits per heavy atom. The van der Waals surface area contributed by atoms with Crippen LogP contribution in [0.1, 0.15) is 55.5 Å². The Kier molecular flexibility index (Phi) is 5.58. The van der Waals surface area contributed by atoms with Gasteiger partial charge in [-0.15, -0.1) is 0 Å². The van der Waals surface area contributed by atoms with Crippen LogP contribution in [0, 0.1) is 6.92 Å². The summed E-state index contributed by atoms with van der Waals surface area (Å²) in [6, 6.07) is 50.2. The number of rotatable bonds is 3. The molecule has 1 heteroatoms. The summed E-state index contributed by atoms with van der Waals surface area (Å²) in [5.74, 6) is 0. The third-order valence-corrected chi connectivity index (χ3v) is 10.9. The van der Waals surface area contributed by atoms with E-state index in [2.05, 4.69) is 173 Å². The molecule has 2 aliphatic carbocycles. The molecule has 9 rings (SSSR count). The second-order valence-corrected chi connectivity index (χ2v) is 14.3. The molecule has 0 spiro atoms. The third kappa shape index (κ3) is 3.69. The summed E-state index contributed by atoms with van der Waals surface area (Å²) in [4.78, 5) is 2.51. The lowest BCUT2D eigenvalue weighted by molar-refractivity contribution is 0.659. The molecule has 0 unspecified atom stereocenters. The molecule has 0 aromatic heterocycles. The number of hydrogen-bond acceptors (Lipinski definition) is 1. The number of aryl methyl sites for hydroxylation is 1. The van der Waals surface area contributed by atoms with Gasteiger partial charge in [0.1, 0.15) is 0 Å². The predicted octanol–water partition coefficient (Wildman–Crippen LogP) is 12.4. The molecule has 1 nitrogen and oxygen atoms in total. The maximum Gasteiger partial charge on any atom is 0.0546 e. The summed E-state index contributed by atoms with van der Waals surface area (Å²) in [7, 11) is 0. The average molecular weight is 592 g/mol. The summed E-state index contributed by atoms with van der Waals surface area (Å²) in [6.07, 6.45) is 0. The van der Waals surface area contributed by atoms with E-state index in [0.29, 0.717) is 0 Å². The van der Waals surface area contributed by atoms with Crippen LogP contribution in [0.2, 0.25) is 0 Å². The van der Waals surface area contributed by atoms with Crippen molar-refractivity contribution in [3.8, 4) is 22.3 Å². The zero-order valence-corrected chi connectivity index (χ0v) is 27.1. The monoisotopic (exact) mass is 591 g/mol. The van der Waals surface area contributed by atoms with Crippen LogP contribution < -0.4 is 4.90 Å². The van der Waals surface area contributed by atoms with Gasteiger partial charge in [-0.05, 0) is 97.9 Å². The number of hydrogen-bond donors (Lipinski definition) is 0. The van der Waals surface area contributed by atoms with Gasteiger partial charge in [0.25, 0.3) is 0 Å². The molecule has 7 aromatic carbocycles. The van der Waals surface area contributed by atoms with Crippen molar-refractivity contribution in [1.29, 1.82) is 0 Å². The minimum Gasteiger partial charge on any atom is -0.310 e. The molecule has 0 bridgehead atoms. The molecule has 0 atom stereocenters. The summed E-state index contributed by atoms with van der Waals surface area (Å²) < 4.78 is 0. The lowest BCUT2D eigenvalue weighted by Gasteiger charge is -2.31. The van der Waals surface area contributed by atoms with Gasteiger partial charge < -0.3 is 4.90 Å². The Morgan fingerprint density at radius 2 is 0.913 bits per heavy atom. The molecule has 2 aliphatic rings. The highest BCUT2D eigenvalue weighted by atomic mass is 15.1. The van der Waals surface area contributed by atoms with Crippen LogP contribution >= 0.6 is 0 Å². The zero-order valence-electron chi connectivity index (χ0n) is 27.1. The highest BCUT2D eigenvalue weighted by Crippen LogP contribution is 2.54. The van der Waals surface area contributed by atoms with E-state index in [1.807, 2.05) is 0 Å². The Hall–Kier alpha value is -5.14. The van der Waals surface area contributed by atoms with Crippen molar-refractivity contribution < 1.29 is 0 Å². The van der Waals surface area contributed by atoms with Gasteiger partial charge in [0.2, 0.25) is 0 Å². The molecule has 0 amide bonds. The van der Waals surface area contributed by atoms with Crippen LogP contribution in [0.5, 0.6) is 0 Å². The van der Waals surface area contributed by atoms with Crippen molar-refractivity contribution in [1.82, 2.24) is 0 Å². The molecule has 0 radical (unpaired) electrons. The first-order chi connectivity index (χ1) is 22.2. The topological polar surface area (TPSA) is 3.24 Å². The maximum absolute atomic E-state index is 2.51. The van der Waals surface area contributed by atoms with Gasteiger partial charge in [-0.2, -0.15) is 0 Å². The maximum atomic E-state index is 2.51. The van der Waals surface area contributed by atoms with E-state index in [0.717, 1.165) is 0 Å². The molecule has 0 saturated heterocycles. The first-order valence-corrected chi connectivity index (χ1v) is 16.4. The largest absolute Gasteiger partial charge is 0.310 e. The van der Waals surface area contributed by atoms with Crippen LogP contribution in [0.3, 0.4) is 0 Å². The van der Waals surface area contributed by atoms with Crippen LogP contribution in [-0.2, 0) is 10.8 Å². The summed E-state index contributed by atoms with van der Waals surface area (Å²) >= 11 is 0. The van der Waals surface area contributed by atoms with E-state index < -0.39 is 0 Å². The minimum atomic E-state index is -0.0919. The fourth-order valence-corrected chi connectivity index (χ4v) is 8.46. The summed E-state index contributed by atoms with van der Waals surface area (Å²) in [5.41, 5.74) is 15.7. The van der Waals surface area contributed by atoms with Crippen molar-refractivity contribution in [2.75, 3.05) is 4.90 Å². The molecule has 0 heterocycles. The fraction of sp³-hybridized carbons (Fsp3) is 0.156. The van der Waals surface area contributed by atoms with Gasteiger partial charge in [-0.25, -0.2) is 0 Å². The lowest BCUT2D eigenvalue weighted by atomic mass is 9.81. The van der Waals surface area contributed by atoms with Crippen molar-refractivity contribution in [2.45, 2.75) is 45.4 Å². The number of benzene rings is 7. The van der Waals surface area contributed by atoms with E-state index >= 15 is 0 Å². The summed E-state index contributed by atoms with van der Waals surface area (Å²) in [5, 5.41) is 5.06. The van der Waals surface area contributed by atoms with Gasteiger partial charge in [0.15, 0.2) is 0 Å². The van der Waals surface area contributed by atoms with Crippen molar-refractivity contribution in [3.63, 3.8) is 0 Å².